The van der Waals surface area contributed by atoms with Crippen molar-refractivity contribution < 1.29 is 9.53 Å². The highest BCUT2D eigenvalue weighted by atomic mass is 16.5. The standard InChI is InChI=1S/C23H21N3O3/c1-16-12-21(27)22(29-15-17-6-3-2-4-7-17)13-26(16)14-23(28)25-20-9-5-8-19-18(20)10-11-24-19/h2-13,24H,14-15H2,1H3,(H,25,28). The van der Waals surface area contributed by atoms with Gasteiger partial charge in [0, 0.05) is 28.9 Å². The number of aromatic nitrogens is 2. The summed E-state index contributed by atoms with van der Waals surface area (Å²) in [6.07, 6.45) is 3.43. The second-order valence-corrected chi connectivity index (χ2v) is 6.84. The van der Waals surface area contributed by atoms with Crippen molar-refractivity contribution in [3.63, 3.8) is 0 Å². The summed E-state index contributed by atoms with van der Waals surface area (Å²) in [5.41, 5.74) is 3.16. The molecule has 1 amide bonds. The van der Waals surface area contributed by atoms with Gasteiger partial charge in [-0.25, -0.2) is 0 Å². The maximum atomic E-state index is 12.6. The highest BCUT2D eigenvalue weighted by Gasteiger charge is 2.11. The Morgan fingerprint density at radius 3 is 2.76 bits per heavy atom. The Morgan fingerprint density at radius 1 is 1.10 bits per heavy atom. The first-order valence-electron chi connectivity index (χ1n) is 9.34. The lowest BCUT2D eigenvalue weighted by molar-refractivity contribution is -0.116. The summed E-state index contributed by atoms with van der Waals surface area (Å²) in [5.74, 6) is 0.0412. The number of benzene rings is 2. The molecule has 0 aliphatic heterocycles. The first-order chi connectivity index (χ1) is 14.1. The molecule has 0 saturated carbocycles. The fourth-order valence-corrected chi connectivity index (χ4v) is 3.20. The first kappa shape index (κ1) is 18.6. The van der Waals surface area contributed by atoms with Gasteiger partial charge in [-0.2, -0.15) is 0 Å². The van der Waals surface area contributed by atoms with E-state index in [-0.39, 0.29) is 23.6 Å². The summed E-state index contributed by atoms with van der Waals surface area (Å²) < 4.78 is 7.41. The molecule has 0 radical (unpaired) electrons. The summed E-state index contributed by atoms with van der Waals surface area (Å²) >= 11 is 0. The third-order valence-corrected chi connectivity index (χ3v) is 4.73. The number of nitrogens with one attached hydrogen (secondary N) is 2. The van der Waals surface area contributed by atoms with Gasteiger partial charge in [-0.15, -0.1) is 0 Å². The molecule has 2 aromatic heterocycles. The molecular weight excluding hydrogens is 366 g/mol. The van der Waals surface area contributed by atoms with Crippen molar-refractivity contribution in [2.45, 2.75) is 20.1 Å². The first-order valence-corrected chi connectivity index (χ1v) is 9.34. The van der Waals surface area contributed by atoms with E-state index < -0.39 is 0 Å². The molecule has 0 saturated heterocycles. The van der Waals surface area contributed by atoms with Crippen LogP contribution < -0.4 is 15.5 Å². The van der Waals surface area contributed by atoms with Crippen molar-refractivity contribution in [3.8, 4) is 5.75 Å². The molecule has 2 aromatic carbocycles. The number of hydrogen-bond donors (Lipinski definition) is 2. The maximum absolute atomic E-state index is 12.6. The van der Waals surface area contributed by atoms with Crippen molar-refractivity contribution in [2.75, 3.05) is 5.32 Å². The average molecular weight is 387 g/mol. The van der Waals surface area contributed by atoms with E-state index in [1.807, 2.05) is 60.8 Å². The predicted octanol–water partition coefficient (Wildman–Crippen LogP) is 3.86. The van der Waals surface area contributed by atoms with Crippen LogP contribution in [-0.4, -0.2) is 15.5 Å². The van der Waals surface area contributed by atoms with Crippen LogP contribution in [0.5, 0.6) is 5.75 Å². The van der Waals surface area contributed by atoms with Gasteiger partial charge >= 0.3 is 0 Å². The van der Waals surface area contributed by atoms with Gasteiger partial charge < -0.3 is 19.6 Å². The van der Waals surface area contributed by atoms with E-state index in [0.29, 0.717) is 12.3 Å². The van der Waals surface area contributed by atoms with E-state index >= 15 is 0 Å². The van der Waals surface area contributed by atoms with Crippen molar-refractivity contribution in [1.29, 1.82) is 0 Å². The largest absolute Gasteiger partial charge is 0.483 e. The van der Waals surface area contributed by atoms with Crippen LogP contribution >= 0.6 is 0 Å². The third kappa shape index (κ3) is 4.21. The molecule has 29 heavy (non-hydrogen) atoms. The van der Waals surface area contributed by atoms with Gasteiger partial charge in [0.1, 0.15) is 13.2 Å². The summed E-state index contributed by atoms with van der Waals surface area (Å²) in [7, 11) is 0. The van der Waals surface area contributed by atoms with E-state index in [1.54, 1.807) is 17.7 Å². The second-order valence-electron chi connectivity index (χ2n) is 6.84. The fourth-order valence-electron chi connectivity index (χ4n) is 3.20. The molecular formula is C23H21N3O3. The molecule has 0 aliphatic rings. The average Bonchev–Trinajstić information content (AvgIpc) is 3.20. The number of fused-ring (bicyclic) bond motifs is 1. The molecule has 6 nitrogen and oxygen atoms in total. The highest BCUT2D eigenvalue weighted by Crippen LogP contribution is 2.22. The quantitative estimate of drug-likeness (QED) is 0.528. The Bertz CT molecular complexity index is 1210. The molecule has 0 bridgehead atoms. The smallest absolute Gasteiger partial charge is 0.244 e. The molecule has 146 valence electrons. The number of amides is 1. The summed E-state index contributed by atoms with van der Waals surface area (Å²) in [4.78, 5) is 28.0. The zero-order valence-corrected chi connectivity index (χ0v) is 16.0. The van der Waals surface area contributed by atoms with Crippen LogP contribution in [0.25, 0.3) is 10.9 Å². The second kappa shape index (κ2) is 8.06. The summed E-state index contributed by atoms with van der Waals surface area (Å²) in [6.45, 7) is 2.16. The van der Waals surface area contributed by atoms with E-state index in [1.165, 1.54) is 6.07 Å². The molecule has 2 N–H and O–H groups in total. The van der Waals surface area contributed by atoms with Gasteiger partial charge in [0.15, 0.2) is 5.75 Å². The number of ether oxygens (including phenoxy) is 1. The Labute approximate surface area is 167 Å². The van der Waals surface area contributed by atoms with E-state index in [0.717, 1.165) is 22.2 Å². The van der Waals surface area contributed by atoms with Gasteiger partial charge in [0.25, 0.3) is 0 Å². The number of pyridine rings is 1. The molecule has 4 aromatic rings. The minimum absolute atomic E-state index is 0.0780. The minimum Gasteiger partial charge on any atom is -0.483 e. The Kier molecular flexibility index (Phi) is 5.16. The zero-order chi connectivity index (χ0) is 20.2. The van der Waals surface area contributed by atoms with Gasteiger partial charge in [-0.3, -0.25) is 9.59 Å². The topological polar surface area (TPSA) is 76.1 Å². The number of rotatable bonds is 6. The number of hydrogen-bond acceptors (Lipinski definition) is 3. The molecule has 0 atom stereocenters. The highest BCUT2D eigenvalue weighted by molar-refractivity contribution is 6.01. The maximum Gasteiger partial charge on any atom is 0.244 e. The van der Waals surface area contributed by atoms with Crippen molar-refractivity contribution in [1.82, 2.24) is 9.55 Å². The van der Waals surface area contributed by atoms with Gasteiger partial charge in [0.2, 0.25) is 11.3 Å². The number of carbonyl (C=O) groups is 1. The molecule has 2 heterocycles. The lowest BCUT2D eigenvalue weighted by atomic mass is 10.2. The van der Waals surface area contributed by atoms with Crippen molar-refractivity contribution in [2.24, 2.45) is 0 Å². The lowest BCUT2D eigenvalue weighted by Crippen LogP contribution is -2.22. The Morgan fingerprint density at radius 2 is 1.93 bits per heavy atom. The van der Waals surface area contributed by atoms with Crippen LogP contribution in [0.4, 0.5) is 5.69 Å². The molecule has 0 spiro atoms. The molecule has 6 heteroatoms. The summed E-state index contributed by atoms with van der Waals surface area (Å²) in [6, 6.07) is 18.7. The van der Waals surface area contributed by atoms with Crippen LogP contribution in [0.2, 0.25) is 0 Å². The van der Waals surface area contributed by atoms with Crippen LogP contribution in [0.3, 0.4) is 0 Å². The number of H-pyrrole nitrogens is 1. The number of aryl methyl sites for hydroxylation is 1. The SMILES string of the molecule is Cc1cc(=O)c(OCc2ccccc2)cn1CC(=O)Nc1cccc2[nH]ccc12. The summed E-state index contributed by atoms with van der Waals surface area (Å²) in [5, 5.41) is 3.89. The van der Waals surface area contributed by atoms with Gasteiger partial charge in [-0.1, -0.05) is 36.4 Å². The monoisotopic (exact) mass is 387 g/mol. The normalized spacial score (nSPS) is 10.8. The number of carbonyl (C=O) groups excluding carboxylic acids is 1. The number of anilines is 1. The van der Waals surface area contributed by atoms with Gasteiger partial charge in [0.05, 0.1) is 11.9 Å². The van der Waals surface area contributed by atoms with E-state index in [2.05, 4.69) is 10.3 Å². The number of nitrogens with zero attached hydrogens (tertiary/aromatic N) is 1. The lowest BCUT2D eigenvalue weighted by Gasteiger charge is -2.14. The minimum atomic E-state index is -0.202. The van der Waals surface area contributed by atoms with Crippen LogP contribution in [0.1, 0.15) is 11.3 Å². The fraction of sp³-hybridized carbons (Fsp3) is 0.130. The molecule has 0 fully saturated rings. The van der Waals surface area contributed by atoms with Crippen molar-refractivity contribution in [3.05, 3.63) is 94.5 Å². The van der Waals surface area contributed by atoms with E-state index in [4.69, 9.17) is 4.74 Å². The predicted molar refractivity (Wildman–Crippen MR) is 113 cm³/mol. The molecule has 4 rings (SSSR count). The molecule has 0 unspecified atom stereocenters. The Balaban J connectivity index is 1.49. The molecule has 0 aliphatic carbocycles. The van der Waals surface area contributed by atoms with Crippen LogP contribution in [0, 0.1) is 6.92 Å². The van der Waals surface area contributed by atoms with Crippen LogP contribution in [0.15, 0.2) is 77.9 Å². The van der Waals surface area contributed by atoms with Crippen LogP contribution in [-0.2, 0) is 17.9 Å². The van der Waals surface area contributed by atoms with Crippen molar-refractivity contribution >= 4 is 22.5 Å². The van der Waals surface area contributed by atoms with Gasteiger partial charge in [-0.05, 0) is 30.7 Å². The number of aromatic amines is 1. The van der Waals surface area contributed by atoms with E-state index in [9.17, 15) is 9.59 Å². The Hall–Kier alpha value is -3.80. The zero-order valence-electron chi connectivity index (χ0n) is 16.0. The third-order valence-electron chi connectivity index (χ3n) is 4.73.